The molecule has 0 radical (unpaired) electrons. The smallest absolute Gasteiger partial charge is 0.295 e. The molecule has 0 aromatic heterocycles. The molecule has 0 atom stereocenters. The Bertz CT molecular complexity index is 882. The Kier molecular flexibility index (Phi) is 2.74. The van der Waals surface area contributed by atoms with Gasteiger partial charge in [-0.3, -0.25) is 4.55 Å². The van der Waals surface area contributed by atoms with Crippen molar-refractivity contribution in [2.24, 2.45) is 0 Å². The fourth-order valence-corrected chi connectivity index (χ4v) is 3.83. The Morgan fingerprint density at radius 2 is 1.90 bits per heavy atom. The van der Waals surface area contributed by atoms with E-state index in [4.69, 9.17) is 0 Å². The Hall–Kier alpha value is -1.85. The normalized spacial score (nSPS) is 17.3. The predicted molar refractivity (Wildman–Crippen MR) is 82.7 cm³/mol. The second-order valence-corrected chi connectivity index (χ2v) is 7.32. The van der Waals surface area contributed by atoms with Gasteiger partial charge in [0.25, 0.3) is 10.1 Å². The van der Waals surface area contributed by atoms with E-state index in [-0.39, 0.29) is 10.3 Å². The van der Waals surface area contributed by atoms with Crippen LogP contribution in [0.2, 0.25) is 0 Å². The van der Waals surface area contributed by atoms with Crippen molar-refractivity contribution in [1.82, 2.24) is 0 Å². The summed E-state index contributed by atoms with van der Waals surface area (Å²) >= 11 is 0. The van der Waals surface area contributed by atoms with Crippen LogP contribution in [0, 0.1) is 6.04 Å². The number of hydrogen-bond donors (Lipinski definition) is 1. The predicted octanol–water partition coefficient (Wildman–Crippen LogP) is 3.27. The van der Waals surface area contributed by atoms with Gasteiger partial charge in [-0.05, 0) is 30.0 Å². The van der Waals surface area contributed by atoms with E-state index in [0.717, 1.165) is 22.7 Å². The van der Waals surface area contributed by atoms with E-state index >= 15 is 0 Å². The molecule has 2 aromatic rings. The Morgan fingerprint density at radius 1 is 1.24 bits per heavy atom. The Morgan fingerprint density at radius 3 is 2.52 bits per heavy atom. The van der Waals surface area contributed by atoms with Crippen LogP contribution in [-0.4, -0.2) is 24.3 Å². The van der Waals surface area contributed by atoms with Crippen LogP contribution in [-0.2, 0) is 15.5 Å². The molecule has 0 unspecified atom stereocenters. The molecule has 110 valence electrons. The lowest BCUT2D eigenvalue weighted by atomic mass is 9.79. The van der Waals surface area contributed by atoms with E-state index < -0.39 is 10.1 Å². The summed E-state index contributed by atoms with van der Waals surface area (Å²) < 4.78 is 34.9. The van der Waals surface area contributed by atoms with Crippen molar-refractivity contribution in [3.63, 3.8) is 0 Å². The summed E-state index contributed by atoms with van der Waals surface area (Å²) in [5.74, 6) is 0. The third-order valence-corrected chi connectivity index (χ3v) is 5.38. The molecule has 21 heavy (non-hydrogen) atoms. The van der Waals surface area contributed by atoms with Gasteiger partial charge in [-0.25, -0.2) is 0 Å². The highest BCUT2D eigenvalue weighted by molar-refractivity contribution is 7.86. The fourth-order valence-electron chi connectivity index (χ4n) is 3.11. The third kappa shape index (κ3) is 1.81. The first kappa shape index (κ1) is 14.1. The number of fused-ring (bicyclic) bond motifs is 3. The van der Waals surface area contributed by atoms with Gasteiger partial charge in [0.15, 0.2) is 0 Å². The van der Waals surface area contributed by atoms with Gasteiger partial charge in [0.1, 0.15) is 10.6 Å². The lowest BCUT2D eigenvalue weighted by Gasteiger charge is -2.25. The van der Waals surface area contributed by atoms with Crippen LogP contribution in [0.3, 0.4) is 0 Å². The molecule has 2 aromatic carbocycles. The summed E-state index contributed by atoms with van der Waals surface area (Å²) in [5.41, 5.74) is 1.42. The van der Waals surface area contributed by atoms with E-state index in [9.17, 15) is 13.0 Å². The standard InChI is InChI=1S/C16H17NO3S/c1-10-16(2,3)15-12(17(10)4)9-8-11-6-5-7-13(14(11)15)21(18,19)20/h5-9H,4H2,1-3H3,(H,18,19,20). The minimum Gasteiger partial charge on any atom is -0.333 e. The van der Waals surface area contributed by atoms with E-state index in [0.29, 0.717) is 5.39 Å². The molecule has 0 bridgehead atoms. The van der Waals surface area contributed by atoms with Crippen molar-refractivity contribution in [1.29, 1.82) is 0 Å². The molecule has 4 nitrogen and oxygen atoms in total. The highest BCUT2D eigenvalue weighted by Crippen LogP contribution is 2.51. The fraction of sp³-hybridized carbons (Fsp3) is 0.250. The topological polar surface area (TPSA) is 57.4 Å². The molecule has 0 spiro atoms. The first-order chi connectivity index (χ1) is 9.65. The second-order valence-electron chi connectivity index (χ2n) is 5.93. The summed E-state index contributed by atoms with van der Waals surface area (Å²) in [6, 6.07) is 9.76. The van der Waals surface area contributed by atoms with Crippen molar-refractivity contribution >= 4 is 33.3 Å². The quantitative estimate of drug-likeness (QED) is 0.500. The van der Waals surface area contributed by atoms with E-state index in [1.807, 2.05) is 43.5 Å². The zero-order chi connectivity index (χ0) is 15.6. The largest absolute Gasteiger partial charge is 0.333 e. The molecule has 1 N–H and O–H groups in total. The molecule has 5 heteroatoms. The number of benzene rings is 2. The van der Waals surface area contributed by atoms with Gasteiger partial charge < -0.3 is 4.58 Å². The average molecular weight is 303 g/mol. The average Bonchev–Trinajstić information content (AvgIpc) is 2.58. The molecule has 1 aliphatic heterocycles. The molecule has 1 aliphatic rings. The lowest BCUT2D eigenvalue weighted by Crippen LogP contribution is -2.23. The van der Waals surface area contributed by atoms with Crippen LogP contribution in [0.4, 0.5) is 5.69 Å². The SMILES string of the molecule is C=[N+]1c2ccc3cccc(S(=O)(=O)O)c3c2C(C)(C)[C-]1C. The van der Waals surface area contributed by atoms with Gasteiger partial charge in [0, 0.05) is 17.5 Å². The maximum Gasteiger partial charge on any atom is 0.295 e. The second kappa shape index (κ2) is 4.08. The van der Waals surface area contributed by atoms with Gasteiger partial charge in [-0.15, -0.1) is 0 Å². The van der Waals surface area contributed by atoms with Crippen LogP contribution in [0.25, 0.3) is 10.8 Å². The van der Waals surface area contributed by atoms with Crippen LogP contribution in [0.5, 0.6) is 0 Å². The first-order valence-corrected chi connectivity index (χ1v) is 8.08. The van der Waals surface area contributed by atoms with Crippen LogP contribution < -0.4 is 0 Å². The van der Waals surface area contributed by atoms with Gasteiger partial charge in [0.05, 0.1) is 6.04 Å². The third-order valence-electron chi connectivity index (χ3n) is 4.49. The minimum atomic E-state index is -4.28. The van der Waals surface area contributed by atoms with Crippen molar-refractivity contribution in [3.8, 4) is 0 Å². The van der Waals surface area contributed by atoms with E-state index in [2.05, 4.69) is 6.72 Å². The van der Waals surface area contributed by atoms with Gasteiger partial charge in [-0.1, -0.05) is 32.0 Å². The van der Waals surface area contributed by atoms with Crippen LogP contribution in [0.1, 0.15) is 26.3 Å². The highest BCUT2D eigenvalue weighted by Gasteiger charge is 2.42. The van der Waals surface area contributed by atoms with Gasteiger partial charge >= 0.3 is 0 Å². The Labute approximate surface area is 124 Å². The number of rotatable bonds is 1. The molecule has 0 fully saturated rings. The van der Waals surface area contributed by atoms with E-state index in [1.165, 1.54) is 6.07 Å². The molecule has 3 rings (SSSR count). The molecule has 0 amide bonds. The molecule has 0 saturated carbocycles. The summed E-state index contributed by atoms with van der Waals surface area (Å²) in [6.45, 7) is 10.1. The maximum atomic E-state index is 11.7. The van der Waals surface area contributed by atoms with Crippen molar-refractivity contribution < 1.29 is 17.5 Å². The minimum absolute atomic E-state index is 0.0481. The summed E-state index contributed by atoms with van der Waals surface area (Å²) in [6.07, 6.45) is 0. The summed E-state index contributed by atoms with van der Waals surface area (Å²) in [5, 5.41) is 1.37. The summed E-state index contributed by atoms with van der Waals surface area (Å²) in [4.78, 5) is -0.0481. The lowest BCUT2D eigenvalue weighted by molar-refractivity contribution is -0.412. The molecule has 0 saturated heterocycles. The molecular formula is C16H17NO3S. The zero-order valence-electron chi connectivity index (χ0n) is 12.2. The first-order valence-electron chi connectivity index (χ1n) is 6.64. The van der Waals surface area contributed by atoms with Crippen LogP contribution in [0.15, 0.2) is 35.2 Å². The van der Waals surface area contributed by atoms with E-state index in [1.54, 1.807) is 6.07 Å². The van der Waals surface area contributed by atoms with Crippen molar-refractivity contribution in [2.75, 3.05) is 0 Å². The molecular weight excluding hydrogens is 286 g/mol. The monoisotopic (exact) mass is 303 g/mol. The van der Waals surface area contributed by atoms with Crippen LogP contribution >= 0.6 is 0 Å². The highest BCUT2D eigenvalue weighted by atomic mass is 32.2. The van der Waals surface area contributed by atoms with Gasteiger partial charge in [-0.2, -0.15) is 8.42 Å². The van der Waals surface area contributed by atoms with Gasteiger partial charge in [0.2, 0.25) is 0 Å². The number of hydrogen-bond acceptors (Lipinski definition) is 2. The number of nitrogens with zero attached hydrogens (tertiary/aromatic N) is 1. The molecule has 0 aliphatic carbocycles. The maximum absolute atomic E-state index is 11.7. The summed E-state index contributed by atoms with van der Waals surface area (Å²) in [7, 11) is -4.28. The Balaban J connectivity index is 2.57. The van der Waals surface area contributed by atoms with Crippen molar-refractivity contribution in [2.45, 2.75) is 31.1 Å². The zero-order valence-corrected chi connectivity index (χ0v) is 13.0. The molecule has 1 heterocycles. The van der Waals surface area contributed by atoms with Crippen molar-refractivity contribution in [3.05, 3.63) is 41.9 Å².